The molecule has 1 aromatic carbocycles. The van der Waals surface area contributed by atoms with E-state index in [-0.39, 0.29) is 22.5 Å². The lowest BCUT2D eigenvalue weighted by molar-refractivity contribution is -0.383. The Bertz CT molecular complexity index is 707. The molecule has 24 heavy (non-hydrogen) atoms. The van der Waals surface area contributed by atoms with Gasteiger partial charge >= 0.3 is 5.69 Å². The van der Waals surface area contributed by atoms with E-state index in [0.29, 0.717) is 12.4 Å². The van der Waals surface area contributed by atoms with E-state index in [1.54, 1.807) is 0 Å². The summed E-state index contributed by atoms with van der Waals surface area (Å²) in [6.07, 6.45) is 4.60. The Morgan fingerprint density at radius 3 is 2.79 bits per heavy atom. The number of nitro groups is 1. The maximum atomic E-state index is 11.7. The highest BCUT2D eigenvalue weighted by Crippen LogP contribution is 2.35. The number of nitrogens with zero attached hydrogens (tertiary/aromatic N) is 4. The molecular weight excluding hydrogens is 306 g/mol. The van der Waals surface area contributed by atoms with Crippen LogP contribution in [0.2, 0.25) is 0 Å². The van der Waals surface area contributed by atoms with Crippen LogP contribution in [0.1, 0.15) is 31.7 Å². The summed E-state index contributed by atoms with van der Waals surface area (Å²) in [5.74, 6) is 0.685. The van der Waals surface area contributed by atoms with Gasteiger partial charge in [-0.1, -0.05) is 30.3 Å². The second-order valence-corrected chi connectivity index (χ2v) is 6.03. The van der Waals surface area contributed by atoms with E-state index < -0.39 is 0 Å². The second-order valence-electron chi connectivity index (χ2n) is 6.03. The number of aromatic nitrogens is 2. The van der Waals surface area contributed by atoms with Crippen LogP contribution < -0.4 is 10.2 Å². The van der Waals surface area contributed by atoms with Gasteiger partial charge in [-0.2, -0.15) is 0 Å². The van der Waals surface area contributed by atoms with Crippen molar-refractivity contribution in [3.05, 3.63) is 52.3 Å². The van der Waals surface area contributed by atoms with Crippen molar-refractivity contribution >= 4 is 17.3 Å². The van der Waals surface area contributed by atoms with E-state index in [4.69, 9.17) is 0 Å². The average molecular weight is 327 g/mol. The van der Waals surface area contributed by atoms with Crippen molar-refractivity contribution in [2.24, 2.45) is 0 Å². The fraction of sp³-hybridized carbons (Fsp3) is 0.412. The Morgan fingerprint density at radius 1 is 1.29 bits per heavy atom. The predicted octanol–water partition coefficient (Wildman–Crippen LogP) is 3.38. The standard InChI is InChI=1S/C17H21N5O2/c1-13-7-5-6-10-21(13)17-15(22(23)24)16(19-12-20-17)18-11-14-8-3-2-4-9-14/h2-4,8-9,12-13H,5-7,10-11H2,1H3,(H,18,19,20). The summed E-state index contributed by atoms with van der Waals surface area (Å²) >= 11 is 0. The van der Waals surface area contributed by atoms with Crippen LogP contribution in [-0.4, -0.2) is 27.5 Å². The molecule has 1 unspecified atom stereocenters. The van der Waals surface area contributed by atoms with Gasteiger partial charge in [0.2, 0.25) is 11.6 Å². The smallest absolute Gasteiger partial charge is 0.353 e. The Labute approximate surface area is 140 Å². The van der Waals surface area contributed by atoms with E-state index in [1.165, 1.54) is 6.33 Å². The van der Waals surface area contributed by atoms with E-state index in [2.05, 4.69) is 22.2 Å². The summed E-state index contributed by atoms with van der Waals surface area (Å²) in [6, 6.07) is 9.99. The molecular formula is C17H21N5O2. The first-order valence-corrected chi connectivity index (χ1v) is 8.20. The molecule has 2 aromatic rings. The minimum atomic E-state index is -0.385. The van der Waals surface area contributed by atoms with Gasteiger partial charge in [0.25, 0.3) is 0 Å². The van der Waals surface area contributed by atoms with Crippen molar-refractivity contribution < 1.29 is 4.92 Å². The third kappa shape index (κ3) is 3.45. The highest BCUT2D eigenvalue weighted by Gasteiger charge is 2.30. The summed E-state index contributed by atoms with van der Waals surface area (Å²) in [5.41, 5.74) is 1.00. The van der Waals surface area contributed by atoms with E-state index >= 15 is 0 Å². The first-order chi connectivity index (χ1) is 11.7. The van der Waals surface area contributed by atoms with Gasteiger partial charge in [-0.05, 0) is 31.7 Å². The molecule has 7 nitrogen and oxygen atoms in total. The summed E-state index contributed by atoms with van der Waals surface area (Å²) in [7, 11) is 0. The number of anilines is 2. The number of benzene rings is 1. The number of hydrogen-bond acceptors (Lipinski definition) is 6. The lowest BCUT2D eigenvalue weighted by Crippen LogP contribution is -2.38. The van der Waals surface area contributed by atoms with Crippen LogP contribution in [0.25, 0.3) is 0 Å². The Morgan fingerprint density at radius 2 is 2.08 bits per heavy atom. The van der Waals surface area contributed by atoms with Crippen molar-refractivity contribution in [3.63, 3.8) is 0 Å². The molecule has 1 aromatic heterocycles. The molecule has 0 aliphatic carbocycles. The van der Waals surface area contributed by atoms with Gasteiger partial charge in [-0.25, -0.2) is 9.97 Å². The first kappa shape index (κ1) is 16.2. The first-order valence-electron chi connectivity index (χ1n) is 8.20. The van der Waals surface area contributed by atoms with Crippen LogP contribution >= 0.6 is 0 Å². The summed E-state index contributed by atoms with van der Waals surface area (Å²) in [6.45, 7) is 3.35. The summed E-state index contributed by atoms with van der Waals surface area (Å²) in [5, 5.41) is 14.7. The zero-order chi connectivity index (χ0) is 16.9. The van der Waals surface area contributed by atoms with Crippen LogP contribution in [0, 0.1) is 10.1 Å². The molecule has 1 fully saturated rings. The quantitative estimate of drug-likeness (QED) is 0.669. The fourth-order valence-electron chi connectivity index (χ4n) is 3.07. The van der Waals surface area contributed by atoms with Crippen LogP contribution in [0.15, 0.2) is 36.7 Å². The molecule has 1 aliphatic heterocycles. The lowest BCUT2D eigenvalue weighted by atomic mass is 10.0. The molecule has 0 spiro atoms. The molecule has 126 valence electrons. The maximum Gasteiger partial charge on any atom is 0.353 e. The molecule has 0 radical (unpaired) electrons. The third-order valence-corrected chi connectivity index (χ3v) is 4.36. The topological polar surface area (TPSA) is 84.2 Å². The normalized spacial score (nSPS) is 17.5. The molecule has 3 rings (SSSR count). The second kappa shape index (κ2) is 7.25. The molecule has 0 saturated carbocycles. The van der Waals surface area contributed by atoms with Gasteiger partial charge in [0.15, 0.2) is 0 Å². The summed E-state index contributed by atoms with van der Waals surface area (Å²) < 4.78 is 0. The number of hydrogen-bond donors (Lipinski definition) is 1. The van der Waals surface area contributed by atoms with Crippen LogP contribution in [0.5, 0.6) is 0 Å². The van der Waals surface area contributed by atoms with Gasteiger partial charge in [0.1, 0.15) is 6.33 Å². The lowest BCUT2D eigenvalue weighted by Gasteiger charge is -2.33. The average Bonchev–Trinajstić information content (AvgIpc) is 2.61. The number of nitrogens with one attached hydrogen (secondary N) is 1. The van der Waals surface area contributed by atoms with Crippen molar-refractivity contribution in [1.82, 2.24) is 9.97 Å². The van der Waals surface area contributed by atoms with Gasteiger partial charge in [-0.15, -0.1) is 0 Å². The Balaban J connectivity index is 1.89. The van der Waals surface area contributed by atoms with E-state index in [1.807, 2.05) is 35.2 Å². The monoisotopic (exact) mass is 327 g/mol. The number of piperidine rings is 1. The Kier molecular flexibility index (Phi) is 4.88. The largest absolute Gasteiger partial charge is 0.360 e. The van der Waals surface area contributed by atoms with Crippen LogP contribution in [0.4, 0.5) is 17.3 Å². The molecule has 2 heterocycles. The van der Waals surface area contributed by atoms with Gasteiger partial charge in [0, 0.05) is 19.1 Å². The zero-order valence-corrected chi connectivity index (χ0v) is 13.7. The van der Waals surface area contributed by atoms with Gasteiger partial charge < -0.3 is 10.2 Å². The van der Waals surface area contributed by atoms with E-state index in [9.17, 15) is 10.1 Å². The molecule has 1 saturated heterocycles. The molecule has 1 aliphatic rings. The van der Waals surface area contributed by atoms with Crippen LogP contribution in [-0.2, 0) is 6.54 Å². The SMILES string of the molecule is CC1CCCCN1c1ncnc(NCc2ccccc2)c1[N+](=O)[O-]. The molecule has 7 heteroatoms. The zero-order valence-electron chi connectivity index (χ0n) is 13.7. The van der Waals surface area contributed by atoms with Crippen molar-refractivity contribution in [2.75, 3.05) is 16.8 Å². The molecule has 0 amide bonds. The highest BCUT2D eigenvalue weighted by molar-refractivity contribution is 5.70. The molecule has 0 bridgehead atoms. The Hall–Kier alpha value is -2.70. The molecule has 1 N–H and O–H groups in total. The van der Waals surface area contributed by atoms with Crippen molar-refractivity contribution in [1.29, 1.82) is 0 Å². The third-order valence-electron chi connectivity index (χ3n) is 4.36. The molecule has 1 atom stereocenters. The minimum Gasteiger partial charge on any atom is -0.360 e. The minimum absolute atomic E-state index is 0.0396. The maximum absolute atomic E-state index is 11.7. The summed E-state index contributed by atoms with van der Waals surface area (Å²) in [4.78, 5) is 21.6. The number of rotatable bonds is 5. The van der Waals surface area contributed by atoms with Gasteiger partial charge in [0.05, 0.1) is 4.92 Å². The van der Waals surface area contributed by atoms with Crippen LogP contribution in [0.3, 0.4) is 0 Å². The van der Waals surface area contributed by atoms with E-state index in [0.717, 1.165) is 31.4 Å². The van der Waals surface area contributed by atoms with Gasteiger partial charge in [-0.3, -0.25) is 10.1 Å². The van der Waals surface area contributed by atoms with Crippen molar-refractivity contribution in [3.8, 4) is 0 Å². The fourth-order valence-corrected chi connectivity index (χ4v) is 3.07. The predicted molar refractivity (Wildman–Crippen MR) is 93.1 cm³/mol. The highest BCUT2D eigenvalue weighted by atomic mass is 16.6. The van der Waals surface area contributed by atoms with Crippen molar-refractivity contribution in [2.45, 2.75) is 38.8 Å².